The summed E-state index contributed by atoms with van der Waals surface area (Å²) in [4.78, 5) is 20.9. The van der Waals surface area contributed by atoms with E-state index in [1.807, 2.05) is 29.8 Å². The zero-order valence-corrected chi connectivity index (χ0v) is 19.7. The van der Waals surface area contributed by atoms with Crippen LogP contribution in [0.3, 0.4) is 0 Å². The van der Waals surface area contributed by atoms with E-state index in [2.05, 4.69) is 11.9 Å². The minimum atomic E-state index is -0.979. The van der Waals surface area contributed by atoms with E-state index in [-0.39, 0.29) is 5.56 Å². The average molecular weight is 453 g/mol. The van der Waals surface area contributed by atoms with Gasteiger partial charge in [-0.05, 0) is 24.1 Å². The van der Waals surface area contributed by atoms with Crippen LogP contribution >= 0.6 is 0 Å². The molecule has 0 fully saturated rings. The van der Waals surface area contributed by atoms with Gasteiger partial charge in [0.25, 0.3) is 0 Å². The molecule has 0 aliphatic carbocycles. The molecule has 0 bridgehead atoms. The molecule has 0 aliphatic heterocycles. The van der Waals surface area contributed by atoms with Crippen molar-refractivity contribution >= 4 is 5.97 Å². The normalized spacial score (nSPS) is 11.6. The molecule has 0 aliphatic rings. The monoisotopic (exact) mass is 452 g/mol. The maximum absolute atomic E-state index is 11.5. The summed E-state index contributed by atoms with van der Waals surface area (Å²) in [6.07, 6.45) is 6.13. The van der Waals surface area contributed by atoms with Gasteiger partial charge < -0.3 is 14.6 Å². The maximum Gasteiger partial charge on any atom is 0.336 e. The Labute approximate surface area is 194 Å². The Hall–Kier alpha value is -3.10. The molecule has 8 heteroatoms. The van der Waals surface area contributed by atoms with Gasteiger partial charge in [-0.15, -0.1) is 0 Å². The Morgan fingerprint density at radius 2 is 1.85 bits per heavy atom. The number of carboxylic acids is 1. The van der Waals surface area contributed by atoms with Gasteiger partial charge in [-0.3, -0.25) is 4.98 Å². The fourth-order valence-corrected chi connectivity index (χ4v) is 3.83. The van der Waals surface area contributed by atoms with E-state index >= 15 is 0 Å². The Morgan fingerprint density at radius 3 is 2.45 bits per heavy atom. The predicted octanol–water partition coefficient (Wildman–Crippen LogP) is 4.67. The average Bonchev–Trinajstić information content (AvgIpc) is 3.24. The number of hydrogen-bond acceptors (Lipinski definition) is 6. The molecule has 1 N–H and O–H groups in total. The molecule has 2 aromatic heterocycles. The standard InChI is InChI=1S/C25H32N4O4/c1-5-7-10-15-29-22(27-24(28-29)25(6-2,32-3)33-4)16-18-13-14-21(26-17-18)19-11-8-9-12-20(19)23(30)31/h8-9,11-14,17H,5-7,10,15-16H2,1-4H3,(H,30,31). The molecule has 3 rings (SSSR count). The van der Waals surface area contributed by atoms with Crippen LogP contribution in [0.5, 0.6) is 0 Å². The summed E-state index contributed by atoms with van der Waals surface area (Å²) in [5, 5.41) is 14.2. The van der Waals surface area contributed by atoms with Crippen molar-refractivity contribution in [1.82, 2.24) is 19.7 Å². The van der Waals surface area contributed by atoms with Gasteiger partial charge in [-0.2, -0.15) is 5.10 Å². The molecule has 1 aromatic carbocycles. The lowest BCUT2D eigenvalue weighted by atomic mass is 10.0. The summed E-state index contributed by atoms with van der Waals surface area (Å²) in [5.74, 6) is -0.622. The second-order valence-corrected chi connectivity index (χ2v) is 7.88. The predicted molar refractivity (Wildman–Crippen MR) is 125 cm³/mol. The molecule has 3 aromatic rings. The molecule has 0 unspecified atom stereocenters. The highest BCUT2D eigenvalue weighted by molar-refractivity contribution is 5.95. The third-order valence-corrected chi connectivity index (χ3v) is 5.81. The molecule has 2 heterocycles. The van der Waals surface area contributed by atoms with Gasteiger partial charge in [0.05, 0.1) is 11.3 Å². The number of aromatic nitrogens is 4. The van der Waals surface area contributed by atoms with Crippen LogP contribution < -0.4 is 0 Å². The van der Waals surface area contributed by atoms with Crippen molar-refractivity contribution in [2.75, 3.05) is 14.2 Å². The highest BCUT2D eigenvalue weighted by Gasteiger charge is 2.35. The number of unbranched alkanes of at least 4 members (excludes halogenated alkanes) is 2. The van der Waals surface area contributed by atoms with Crippen LogP contribution in [0.1, 0.15) is 67.1 Å². The SMILES string of the molecule is CCCCCn1nc(C(CC)(OC)OC)nc1Cc1ccc(-c2ccccc2C(=O)O)nc1. The van der Waals surface area contributed by atoms with E-state index < -0.39 is 11.8 Å². The van der Waals surface area contributed by atoms with Crippen LogP contribution in [0.25, 0.3) is 11.3 Å². The molecule has 176 valence electrons. The number of carbonyl (C=O) groups is 1. The van der Waals surface area contributed by atoms with Crippen molar-refractivity contribution in [3.8, 4) is 11.3 Å². The second kappa shape index (κ2) is 11.2. The van der Waals surface area contributed by atoms with Gasteiger partial charge >= 0.3 is 5.97 Å². The van der Waals surface area contributed by atoms with Crippen molar-refractivity contribution in [2.24, 2.45) is 0 Å². The highest BCUT2D eigenvalue weighted by Crippen LogP contribution is 2.28. The number of hydrogen-bond donors (Lipinski definition) is 1. The molecule has 0 radical (unpaired) electrons. The molecule has 33 heavy (non-hydrogen) atoms. The van der Waals surface area contributed by atoms with Gasteiger partial charge in [-0.25, -0.2) is 14.5 Å². The molecule has 8 nitrogen and oxygen atoms in total. The molecule has 0 spiro atoms. The minimum absolute atomic E-state index is 0.230. The number of methoxy groups -OCH3 is 2. The van der Waals surface area contributed by atoms with E-state index in [9.17, 15) is 9.90 Å². The van der Waals surface area contributed by atoms with Gasteiger partial charge in [0.1, 0.15) is 5.82 Å². The van der Waals surface area contributed by atoms with Gasteiger partial charge in [0.15, 0.2) is 0 Å². The number of aromatic carboxylic acids is 1. The number of rotatable bonds is 12. The lowest BCUT2D eigenvalue weighted by Crippen LogP contribution is -2.31. The van der Waals surface area contributed by atoms with Gasteiger partial charge in [-0.1, -0.05) is 51.0 Å². The van der Waals surface area contributed by atoms with E-state index in [1.54, 1.807) is 38.6 Å². The van der Waals surface area contributed by atoms with E-state index in [0.29, 0.717) is 29.9 Å². The van der Waals surface area contributed by atoms with Crippen molar-refractivity contribution in [1.29, 1.82) is 0 Å². The number of carboxylic acid groups (broad SMARTS) is 1. The third-order valence-electron chi connectivity index (χ3n) is 5.81. The zero-order valence-electron chi connectivity index (χ0n) is 19.7. The van der Waals surface area contributed by atoms with E-state index in [1.165, 1.54) is 0 Å². The summed E-state index contributed by atoms with van der Waals surface area (Å²) in [6.45, 7) is 4.91. The first-order chi connectivity index (χ1) is 16.0. The van der Waals surface area contributed by atoms with Crippen LogP contribution in [-0.4, -0.2) is 45.0 Å². The summed E-state index contributed by atoms with van der Waals surface area (Å²) in [6, 6.07) is 10.7. The van der Waals surface area contributed by atoms with Crippen molar-refractivity contribution in [2.45, 2.75) is 58.3 Å². The molecule has 0 saturated carbocycles. The van der Waals surface area contributed by atoms with Crippen molar-refractivity contribution in [3.05, 3.63) is 65.4 Å². The van der Waals surface area contributed by atoms with Crippen molar-refractivity contribution in [3.63, 3.8) is 0 Å². The lowest BCUT2D eigenvalue weighted by molar-refractivity contribution is -0.222. The number of nitrogens with zero attached hydrogens (tertiary/aromatic N) is 4. The summed E-state index contributed by atoms with van der Waals surface area (Å²) in [7, 11) is 3.20. The molecular weight excluding hydrogens is 420 g/mol. The number of aryl methyl sites for hydroxylation is 1. The van der Waals surface area contributed by atoms with Crippen LogP contribution in [0.2, 0.25) is 0 Å². The number of pyridine rings is 1. The van der Waals surface area contributed by atoms with Crippen LogP contribution in [-0.2, 0) is 28.2 Å². The summed E-state index contributed by atoms with van der Waals surface area (Å²) < 4.78 is 13.2. The molecule has 0 saturated heterocycles. The fourth-order valence-electron chi connectivity index (χ4n) is 3.83. The van der Waals surface area contributed by atoms with E-state index in [4.69, 9.17) is 19.6 Å². The first-order valence-corrected chi connectivity index (χ1v) is 11.3. The highest BCUT2D eigenvalue weighted by atomic mass is 16.7. The quantitative estimate of drug-likeness (QED) is 0.315. The lowest BCUT2D eigenvalue weighted by Gasteiger charge is -2.26. The maximum atomic E-state index is 11.5. The second-order valence-electron chi connectivity index (χ2n) is 7.88. The molecule has 0 atom stereocenters. The van der Waals surface area contributed by atoms with Crippen LogP contribution in [0.15, 0.2) is 42.6 Å². The smallest absolute Gasteiger partial charge is 0.336 e. The summed E-state index contributed by atoms with van der Waals surface area (Å²) in [5.41, 5.74) is 2.40. The van der Waals surface area contributed by atoms with Crippen LogP contribution in [0, 0.1) is 0 Å². The number of ether oxygens (including phenoxy) is 2. The minimum Gasteiger partial charge on any atom is -0.478 e. The first kappa shape index (κ1) is 24.5. The Kier molecular flexibility index (Phi) is 8.30. The number of benzene rings is 1. The largest absolute Gasteiger partial charge is 0.478 e. The molecule has 0 amide bonds. The Morgan fingerprint density at radius 1 is 1.09 bits per heavy atom. The van der Waals surface area contributed by atoms with Gasteiger partial charge in [0.2, 0.25) is 11.6 Å². The first-order valence-electron chi connectivity index (χ1n) is 11.3. The fraction of sp³-hybridized carbons (Fsp3) is 0.440. The van der Waals surface area contributed by atoms with Gasteiger partial charge in [0, 0.05) is 45.4 Å². The van der Waals surface area contributed by atoms with E-state index in [0.717, 1.165) is 37.2 Å². The Bertz CT molecular complexity index is 1050. The third kappa shape index (κ3) is 5.46. The van der Waals surface area contributed by atoms with Crippen LogP contribution in [0.4, 0.5) is 0 Å². The Balaban J connectivity index is 1.89. The topological polar surface area (TPSA) is 99.4 Å². The summed E-state index contributed by atoms with van der Waals surface area (Å²) >= 11 is 0. The molecular formula is C25H32N4O4. The van der Waals surface area contributed by atoms with Crippen molar-refractivity contribution < 1.29 is 19.4 Å². The zero-order chi connectivity index (χ0) is 23.8.